The van der Waals surface area contributed by atoms with Gasteiger partial charge in [-0.3, -0.25) is 5.10 Å². The first-order chi connectivity index (χ1) is 6.77. The number of hydrogen-bond donors (Lipinski definition) is 1. The lowest BCUT2D eigenvalue weighted by Crippen LogP contribution is -1.95. The molecular weight excluding hydrogens is 234 g/mol. The first-order valence-corrected chi connectivity index (χ1v) is 6.31. The average molecular weight is 243 g/mol. The van der Waals surface area contributed by atoms with E-state index >= 15 is 0 Å². The summed E-state index contributed by atoms with van der Waals surface area (Å²) in [6.07, 6.45) is 0. The van der Waals surface area contributed by atoms with Crippen LogP contribution < -0.4 is 0 Å². The minimum Gasteiger partial charge on any atom is -0.307 e. The summed E-state index contributed by atoms with van der Waals surface area (Å²) in [5.74, 6) is 1.83. The number of aromatic nitrogens is 3. The molecule has 14 heavy (non-hydrogen) atoms. The molecule has 0 fully saturated rings. The second-order valence-corrected chi connectivity index (χ2v) is 5.33. The smallest absolute Gasteiger partial charge is 0.194 e. The van der Waals surface area contributed by atoms with E-state index in [4.69, 9.17) is 12.2 Å². The SMILES string of the molecule is Cn1c(CSc2cccs2)n[nH]c1=S. The van der Waals surface area contributed by atoms with Gasteiger partial charge in [-0.2, -0.15) is 5.10 Å². The molecule has 0 spiro atoms. The van der Waals surface area contributed by atoms with Crippen LogP contribution in [0.4, 0.5) is 0 Å². The number of hydrogen-bond acceptors (Lipinski definition) is 4. The van der Waals surface area contributed by atoms with Gasteiger partial charge in [-0.05, 0) is 23.7 Å². The van der Waals surface area contributed by atoms with Crippen molar-refractivity contribution in [1.29, 1.82) is 0 Å². The number of rotatable bonds is 3. The van der Waals surface area contributed by atoms with Crippen molar-refractivity contribution in [3.8, 4) is 0 Å². The minimum atomic E-state index is 0.673. The fourth-order valence-corrected chi connectivity index (χ4v) is 2.91. The number of nitrogens with one attached hydrogen (secondary N) is 1. The Morgan fingerprint density at radius 3 is 3.14 bits per heavy atom. The quantitative estimate of drug-likeness (QED) is 0.665. The zero-order valence-electron chi connectivity index (χ0n) is 7.56. The summed E-state index contributed by atoms with van der Waals surface area (Å²) in [5.41, 5.74) is 0. The number of thiophene rings is 1. The van der Waals surface area contributed by atoms with Gasteiger partial charge in [-0.15, -0.1) is 23.1 Å². The third-order valence-corrected chi connectivity index (χ3v) is 4.30. The Morgan fingerprint density at radius 1 is 1.71 bits per heavy atom. The molecule has 0 bridgehead atoms. The molecular formula is C8H9N3S3. The molecule has 0 aromatic carbocycles. The second-order valence-electron chi connectivity index (χ2n) is 2.72. The van der Waals surface area contributed by atoms with Gasteiger partial charge in [0.05, 0.1) is 9.96 Å². The molecule has 6 heteroatoms. The summed E-state index contributed by atoms with van der Waals surface area (Å²) in [5, 5.41) is 8.99. The van der Waals surface area contributed by atoms with Crippen molar-refractivity contribution in [2.24, 2.45) is 7.05 Å². The zero-order chi connectivity index (χ0) is 9.97. The summed E-state index contributed by atoms with van der Waals surface area (Å²) in [6.45, 7) is 0. The van der Waals surface area contributed by atoms with Crippen molar-refractivity contribution in [2.75, 3.05) is 0 Å². The van der Waals surface area contributed by atoms with Gasteiger partial charge in [0.2, 0.25) is 0 Å². The summed E-state index contributed by atoms with van der Waals surface area (Å²) in [7, 11) is 1.93. The van der Waals surface area contributed by atoms with Gasteiger partial charge < -0.3 is 4.57 Å². The highest BCUT2D eigenvalue weighted by Gasteiger charge is 2.03. The molecule has 2 aromatic rings. The first kappa shape index (κ1) is 9.95. The molecule has 0 unspecified atom stereocenters. The maximum atomic E-state index is 5.03. The van der Waals surface area contributed by atoms with Crippen LogP contribution in [0.5, 0.6) is 0 Å². The van der Waals surface area contributed by atoms with Crippen molar-refractivity contribution < 1.29 is 0 Å². The van der Waals surface area contributed by atoms with Crippen LogP contribution in [0.2, 0.25) is 0 Å². The molecule has 0 aliphatic rings. The predicted molar refractivity (Wildman–Crippen MR) is 62.3 cm³/mol. The van der Waals surface area contributed by atoms with Gasteiger partial charge in [0, 0.05) is 7.05 Å². The molecule has 2 aromatic heterocycles. The van der Waals surface area contributed by atoms with Crippen molar-refractivity contribution >= 4 is 35.3 Å². The molecule has 2 heterocycles. The highest BCUT2D eigenvalue weighted by Crippen LogP contribution is 2.25. The summed E-state index contributed by atoms with van der Waals surface area (Å²) in [4.78, 5) is 0. The largest absolute Gasteiger partial charge is 0.307 e. The minimum absolute atomic E-state index is 0.673. The third kappa shape index (κ3) is 2.08. The fraction of sp³-hybridized carbons (Fsp3) is 0.250. The molecule has 0 saturated carbocycles. The van der Waals surface area contributed by atoms with Crippen LogP contribution in [0.1, 0.15) is 5.82 Å². The third-order valence-electron chi connectivity index (χ3n) is 1.81. The number of thioether (sulfide) groups is 1. The first-order valence-electron chi connectivity index (χ1n) is 4.04. The van der Waals surface area contributed by atoms with E-state index in [-0.39, 0.29) is 0 Å². The summed E-state index contributed by atoms with van der Waals surface area (Å²) < 4.78 is 3.88. The molecule has 0 atom stereocenters. The monoisotopic (exact) mass is 243 g/mol. The fourth-order valence-electron chi connectivity index (χ4n) is 0.990. The highest BCUT2D eigenvalue weighted by atomic mass is 32.2. The molecule has 74 valence electrons. The Bertz CT molecular complexity index is 454. The molecule has 1 N–H and O–H groups in total. The van der Waals surface area contributed by atoms with E-state index in [1.165, 1.54) is 4.21 Å². The van der Waals surface area contributed by atoms with E-state index in [1.54, 1.807) is 23.1 Å². The van der Waals surface area contributed by atoms with Crippen LogP contribution in [-0.2, 0) is 12.8 Å². The van der Waals surface area contributed by atoms with E-state index in [0.29, 0.717) is 4.77 Å². The van der Waals surface area contributed by atoms with Gasteiger partial charge in [0.1, 0.15) is 5.82 Å². The Morgan fingerprint density at radius 2 is 2.57 bits per heavy atom. The van der Waals surface area contributed by atoms with Crippen molar-refractivity contribution in [3.05, 3.63) is 28.1 Å². The molecule has 2 rings (SSSR count). The maximum absolute atomic E-state index is 5.03. The molecule has 0 aliphatic carbocycles. The normalized spacial score (nSPS) is 10.6. The van der Waals surface area contributed by atoms with E-state index in [1.807, 2.05) is 11.6 Å². The molecule has 3 nitrogen and oxygen atoms in total. The Hall–Kier alpha value is -0.590. The van der Waals surface area contributed by atoms with Crippen LogP contribution in [0.25, 0.3) is 0 Å². The maximum Gasteiger partial charge on any atom is 0.194 e. The number of H-pyrrole nitrogens is 1. The van der Waals surface area contributed by atoms with Crippen LogP contribution in [0.15, 0.2) is 21.7 Å². The molecule has 0 radical (unpaired) electrons. The van der Waals surface area contributed by atoms with Crippen LogP contribution >= 0.6 is 35.3 Å². The Kier molecular flexibility index (Phi) is 3.05. The van der Waals surface area contributed by atoms with E-state index in [2.05, 4.69) is 27.7 Å². The summed E-state index contributed by atoms with van der Waals surface area (Å²) in [6, 6.07) is 4.16. The molecule has 0 amide bonds. The van der Waals surface area contributed by atoms with Gasteiger partial charge in [-0.1, -0.05) is 6.07 Å². The standard InChI is InChI=1S/C8H9N3S3/c1-11-6(9-10-8(11)12)5-14-7-3-2-4-13-7/h2-4H,5H2,1H3,(H,10,12). The van der Waals surface area contributed by atoms with Crippen LogP contribution in [0, 0.1) is 4.77 Å². The Balaban J connectivity index is 2.05. The lowest BCUT2D eigenvalue weighted by atomic mass is 10.7. The van der Waals surface area contributed by atoms with Gasteiger partial charge in [-0.25, -0.2) is 0 Å². The molecule has 0 saturated heterocycles. The van der Waals surface area contributed by atoms with Crippen molar-refractivity contribution in [1.82, 2.24) is 14.8 Å². The van der Waals surface area contributed by atoms with E-state index < -0.39 is 0 Å². The van der Waals surface area contributed by atoms with E-state index in [0.717, 1.165) is 11.6 Å². The Labute approximate surface area is 95.2 Å². The number of aromatic amines is 1. The molecule has 0 aliphatic heterocycles. The highest BCUT2D eigenvalue weighted by molar-refractivity contribution is 8.00. The van der Waals surface area contributed by atoms with Gasteiger partial charge in [0.15, 0.2) is 4.77 Å². The van der Waals surface area contributed by atoms with Gasteiger partial charge in [0.25, 0.3) is 0 Å². The van der Waals surface area contributed by atoms with E-state index in [9.17, 15) is 0 Å². The summed E-state index contributed by atoms with van der Waals surface area (Å²) >= 11 is 8.55. The lowest BCUT2D eigenvalue weighted by molar-refractivity contribution is 0.839. The average Bonchev–Trinajstić information content (AvgIpc) is 2.77. The van der Waals surface area contributed by atoms with Crippen molar-refractivity contribution in [3.63, 3.8) is 0 Å². The van der Waals surface area contributed by atoms with Crippen molar-refractivity contribution in [2.45, 2.75) is 9.96 Å². The van der Waals surface area contributed by atoms with Crippen LogP contribution in [-0.4, -0.2) is 14.8 Å². The lowest BCUT2D eigenvalue weighted by Gasteiger charge is -1.97. The topological polar surface area (TPSA) is 33.6 Å². The zero-order valence-corrected chi connectivity index (χ0v) is 10.0. The second kappa shape index (κ2) is 4.29. The predicted octanol–water partition coefficient (Wildman–Crippen LogP) is 2.83. The van der Waals surface area contributed by atoms with Gasteiger partial charge >= 0.3 is 0 Å². The van der Waals surface area contributed by atoms with Crippen LogP contribution in [0.3, 0.4) is 0 Å². The number of nitrogens with zero attached hydrogens (tertiary/aromatic N) is 2.